The van der Waals surface area contributed by atoms with Gasteiger partial charge in [-0.3, -0.25) is 0 Å². The molecule has 1 nitrogen and oxygen atoms in total. The number of rotatable bonds is 3. The molecule has 0 aliphatic carbocycles. The number of thiophene rings is 1. The fraction of sp³-hybridized carbons (Fsp3) is 0.286. The molecule has 1 N–H and O–H groups in total. The zero-order chi connectivity index (χ0) is 13.3. The minimum atomic E-state index is 0.247. The van der Waals surface area contributed by atoms with Gasteiger partial charge in [-0.2, -0.15) is 0 Å². The summed E-state index contributed by atoms with van der Waals surface area (Å²) in [5.41, 5.74) is 3.84. The summed E-state index contributed by atoms with van der Waals surface area (Å²) >= 11 is 8.99. The Morgan fingerprint density at radius 3 is 2.33 bits per heavy atom. The van der Waals surface area contributed by atoms with Gasteiger partial charge in [0.25, 0.3) is 0 Å². The monoisotopic (exact) mass is 387 g/mol. The molecule has 18 heavy (non-hydrogen) atoms. The van der Waals surface area contributed by atoms with Crippen molar-refractivity contribution in [3.63, 3.8) is 0 Å². The van der Waals surface area contributed by atoms with Crippen LogP contribution in [0.25, 0.3) is 0 Å². The van der Waals surface area contributed by atoms with Crippen LogP contribution in [0.1, 0.15) is 27.6 Å². The second-order valence-electron chi connectivity index (χ2n) is 4.34. The van der Waals surface area contributed by atoms with Crippen LogP contribution in [-0.4, -0.2) is 7.05 Å². The summed E-state index contributed by atoms with van der Waals surface area (Å²) < 4.78 is 2.37. The maximum absolute atomic E-state index is 3.60. The Morgan fingerprint density at radius 1 is 1.11 bits per heavy atom. The van der Waals surface area contributed by atoms with Crippen molar-refractivity contribution in [3.05, 3.63) is 54.1 Å². The molecule has 0 saturated carbocycles. The zero-order valence-electron chi connectivity index (χ0n) is 10.6. The molecule has 4 heteroatoms. The summed E-state index contributed by atoms with van der Waals surface area (Å²) in [6, 6.07) is 9.02. The average Bonchev–Trinajstić information content (AvgIpc) is 2.65. The average molecular weight is 389 g/mol. The van der Waals surface area contributed by atoms with Crippen molar-refractivity contribution in [3.8, 4) is 0 Å². The lowest BCUT2D eigenvalue weighted by Crippen LogP contribution is -2.16. The minimum absolute atomic E-state index is 0.247. The molecule has 1 aromatic carbocycles. The SMILES string of the molecule is CNC(c1ccc(C)c(Br)c1)c1cc(C)c(Br)s1. The van der Waals surface area contributed by atoms with Crippen molar-refractivity contribution in [2.45, 2.75) is 19.9 Å². The van der Waals surface area contributed by atoms with Gasteiger partial charge in [-0.1, -0.05) is 28.1 Å². The van der Waals surface area contributed by atoms with E-state index in [2.05, 4.69) is 75.3 Å². The lowest BCUT2D eigenvalue weighted by atomic mass is 10.0. The van der Waals surface area contributed by atoms with Gasteiger partial charge in [0.05, 0.1) is 9.83 Å². The van der Waals surface area contributed by atoms with Crippen LogP contribution in [-0.2, 0) is 0 Å². The van der Waals surface area contributed by atoms with Crippen molar-refractivity contribution in [1.82, 2.24) is 5.32 Å². The van der Waals surface area contributed by atoms with Crippen LogP contribution >= 0.6 is 43.2 Å². The molecule has 2 aromatic rings. The fourth-order valence-corrected chi connectivity index (χ4v) is 3.99. The summed E-state index contributed by atoms with van der Waals surface area (Å²) in [4.78, 5) is 1.33. The van der Waals surface area contributed by atoms with Crippen molar-refractivity contribution in [2.75, 3.05) is 7.05 Å². The molecule has 1 aromatic heterocycles. The standard InChI is InChI=1S/C14H15Br2NS/c1-8-4-5-10(7-11(8)15)13(17-3)12-6-9(2)14(16)18-12/h4-7,13,17H,1-3H3. The Kier molecular flexibility index (Phi) is 4.64. The molecule has 2 rings (SSSR count). The second kappa shape index (κ2) is 5.87. The largest absolute Gasteiger partial charge is 0.309 e. The summed E-state index contributed by atoms with van der Waals surface area (Å²) in [7, 11) is 2.00. The van der Waals surface area contributed by atoms with Crippen LogP contribution in [0.4, 0.5) is 0 Å². The first kappa shape index (κ1) is 14.3. The van der Waals surface area contributed by atoms with E-state index in [1.165, 1.54) is 25.4 Å². The Morgan fingerprint density at radius 2 is 1.83 bits per heavy atom. The van der Waals surface area contributed by atoms with E-state index >= 15 is 0 Å². The molecule has 0 radical (unpaired) electrons. The summed E-state index contributed by atoms with van der Waals surface area (Å²) in [6.45, 7) is 4.23. The van der Waals surface area contributed by atoms with Crippen molar-refractivity contribution in [1.29, 1.82) is 0 Å². The highest BCUT2D eigenvalue weighted by molar-refractivity contribution is 9.11. The highest BCUT2D eigenvalue weighted by atomic mass is 79.9. The van der Waals surface area contributed by atoms with Gasteiger partial charge in [0.2, 0.25) is 0 Å². The molecule has 0 aliphatic heterocycles. The maximum atomic E-state index is 3.60. The molecule has 0 amide bonds. The quantitative estimate of drug-likeness (QED) is 0.761. The third-order valence-corrected chi connectivity index (χ3v) is 6.03. The normalized spacial score (nSPS) is 12.7. The van der Waals surface area contributed by atoms with Crippen LogP contribution in [0.15, 0.2) is 32.5 Å². The predicted molar refractivity (Wildman–Crippen MR) is 86.5 cm³/mol. The Balaban J connectivity index is 2.41. The topological polar surface area (TPSA) is 12.0 Å². The van der Waals surface area contributed by atoms with E-state index in [9.17, 15) is 0 Å². The molecule has 0 aliphatic rings. The van der Waals surface area contributed by atoms with Crippen molar-refractivity contribution >= 4 is 43.2 Å². The molecule has 1 atom stereocenters. The Labute approximate surface area is 129 Å². The number of halogens is 2. The highest BCUT2D eigenvalue weighted by Gasteiger charge is 2.16. The number of hydrogen-bond acceptors (Lipinski definition) is 2. The molecule has 1 unspecified atom stereocenters. The lowest BCUT2D eigenvalue weighted by Gasteiger charge is -2.16. The predicted octanol–water partition coefficient (Wildman–Crippen LogP) is 5.20. The van der Waals surface area contributed by atoms with E-state index in [1.54, 1.807) is 11.3 Å². The summed E-state index contributed by atoms with van der Waals surface area (Å²) in [6.07, 6.45) is 0. The second-order valence-corrected chi connectivity index (χ2v) is 7.59. The molecule has 96 valence electrons. The van der Waals surface area contributed by atoms with Gasteiger partial charge < -0.3 is 5.32 Å². The summed E-state index contributed by atoms with van der Waals surface area (Å²) in [5.74, 6) is 0. The van der Waals surface area contributed by atoms with Crippen LogP contribution in [0, 0.1) is 13.8 Å². The van der Waals surface area contributed by atoms with E-state index in [4.69, 9.17) is 0 Å². The first-order chi connectivity index (χ1) is 8.52. The molecule has 0 bridgehead atoms. The minimum Gasteiger partial charge on any atom is -0.309 e. The van der Waals surface area contributed by atoms with Gasteiger partial charge >= 0.3 is 0 Å². The van der Waals surface area contributed by atoms with Crippen molar-refractivity contribution in [2.24, 2.45) is 0 Å². The number of nitrogens with one attached hydrogen (secondary N) is 1. The van der Waals surface area contributed by atoms with Gasteiger partial charge in [-0.15, -0.1) is 11.3 Å². The van der Waals surface area contributed by atoms with Crippen LogP contribution in [0.3, 0.4) is 0 Å². The molecule has 0 spiro atoms. The van der Waals surface area contributed by atoms with Crippen LogP contribution in [0.2, 0.25) is 0 Å². The molecule has 0 saturated heterocycles. The number of benzene rings is 1. The first-order valence-corrected chi connectivity index (χ1v) is 8.12. The zero-order valence-corrected chi connectivity index (χ0v) is 14.5. The number of aryl methyl sites for hydroxylation is 2. The van der Waals surface area contributed by atoms with E-state index < -0.39 is 0 Å². The smallest absolute Gasteiger partial charge is 0.0731 e. The first-order valence-electron chi connectivity index (χ1n) is 5.72. The van der Waals surface area contributed by atoms with Crippen molar-refractivity contribution < 1.29 is 0 Å². The Hall–Kier alpha value is -0.160. The van der Waals surface area contributed by atoms with Gasteiger partial charge in [-0.25, -0.2) is 0 Å². The maximum Gasteiger partial charge on any atom is 0.0731 e. The summed E-state index contributed by atoms with van der Waals surface area (Å²) in [5, 5.41) is 3.39. The van der Waals surface area contributed by atoms with E-state index in [1.807, 2.05) is 7.05 Å². The number of hydrogen-bond donors (Lipinski definition) is 1. The van der Waals surface area contributed by atoms with E-state index in [-0.39, 0.29) is 6.04 Å². The lowest BCUT2D eigenvalue weighted by molar-refractivity contribution is 0.703. The fourth-order valence-electron chi connectivity index (χ4n) is 1.89. The van der Waals surface area contributed by atoms with E-state index in [0.29, 0.717) is 0 Å². The van der Waals surface area contributed by atoms with Gasteiger partial charge in [0, 0.05) is 9.35 Å². The molecular formula is C14H15Br2NS. The molecule has 1 heterocycles. The van der Waals surface area contributed by atoms with Gasteiger partial charge in [0.15, 0.2) is 0 Å². The van der Waals surface area contributed by atoms with E-state index in [0.717, 1.165) is 4.47 Å². The van der Waals surface area contributed by atoms with Gasteiger partial charge in [-0.05, 0) is 65.6 Å². The third-order valence-electron chi connectivity index (χ3n) is 2.98. The Bertz CT molecular complexity index is 543. The highest BCUT2D eigenvalue weighted by Crippen LogP contribution is 2.35. The van der Waals surface area contributed by atoms with Crippen LogP contribution < -0.4 is 5.32 Å². The third kappa shape index (κ3) is 2.87. The molecular weight excluding hydrogens is 374 g/mol. The van der Waals surface area contributed by atoms with Crippen LogP contribution in [0.5, 0.6) is 0 Å². The van der Waals surface area contributed by atoms with Gasteiger partial charge in [0.1, 0.15) is 0 Å². The molecule has 0 fully saturated rings.